The molecule has 1 aliphatic heterocycles. The summed E-state index contributed by atoms with van der Waals surface area (Å²) in [6.45, 7) is 3.65. The molecule has 1 saturated heterocycles. The van der Waals surface area contributed by atoms with Crippen LogP contribution in [0.5, 0.6) is 5.75 Å². The van der Waals surface area contributed by atoms with Crippen LogP contribution in [-0.2, 0) is 0 Å². The van der Waals surface area contributed by atoms with Crippen molar-refractivity contribution in [3.05, 3.63) is 54.1 Å². The summed E-state index contributed by atoms with van der Waals surface area (Å²) in [7, 11) is 0. The van der Waals surface area contributed by atoms with Gasteiger partial charge in [0.2, 0.25) is 11.7 Å². The lowest BCUT2D eigenvalue weighted by molar-refractivity contribution is 0.0569. The van der Waals surface area contributed by atoms with Gasteiger partial charge in [0.25, 0.3) is 5.91 Å². The van der Waals surface area contributed by atoms with E-state index in [9.17, 15) is 4.79 Å². The van der Waals surface area contributed by atoms with Crippen molar-refractivity contribution in [2.24, 2.45) is 0 Å². The van der Waals surface area contributed by atoms with Crippen molar-refractivity contribution < 1.29 is 18.5 Å². The van der Waals surface area contributed by atoms with Crippen molar-refractivity contribution in [2.45, 2.75) is 12.8 Å². The minimum Gasteiger partial charge on any atom is -0.494 e. The number of hydrogen-bond donors (Lipinski definition) is 0. The first-order valence-electron chi connectivity index (χ1n) is 8.14. The summed E-state index contributed by atoms with van der Waals surface area (Å²) in [5, 5.41) is 3.92. The van der Waals surface area contributed by atoms with Crippen LogP contribution in [0.2, 0.25) is 0 Å². The molecule has 25 heavy (non-hydrogen) atoms. The third-order valence-electron chi connectivity index (χ3n) is 4.11. The van der Waals surface area contributed by atoms with Gasteiger partial charge in [-0.15, -0.1) is 0 Å². The number of furan rings is 1. The summed E-state index contributed by atoms with van der Waals surface area (Å²) in [6, 6.07) is 10.7. The Morgan fingerprint density at radius 2 is 2.08 bits per heavy atom. The molecule has 3 heterocycles. The Morgan fingerprint density at radius 3 is 2.76 bits per heavy atom. The second-order valence-corrected chi connectivity index (χ2v) is 5.80. The van der Waals surface area contributed by atoms with Crippen LogP contribution in [0, 0.1) is 0 Å². The minimum absolute atomic E-state index is 0.00919. The summed E-state index contributed by atoms with van der Waals surface area (Å²) in [4.78, 5) is 18.6. The van der Waals surface area contributed by atoms with E-state index in [-0.39, 0.29) is 11.8 Å². The molecule has 0 N–H and O–H groups in total. The van der Waals surface area contributed by atoms with E-state index in [0.717, 1.165) is 5.75 Å². The highest BCUT2D eigenvalue weighted by atomic mass is 16.5. The molecule has 0 saturated carbocycles. The predicted molar refractivity (Wildman–Crippen MR) is 88.3 cm³/mol. The average Bonchev–Trinajstić information content (AvgIpc) is 3.26. The normalized spacial score (nSPS) is 14.4. The van der Waals surface area contributed by atoms with Crippen LogP contribution >= 0.6 is 0 Å². The maximum atomic E-state index is 12.5. The minimum atomic E-state index is -0.00919. The number of carbonyl (C=O) groups is 1. The Hall–Kier alpha value is -3.09. The Labute approximate surface area is 144 Å². The second kappa shape index (κ2) is 6.43. The van der Waals surface area contributed by atoms with E-state index in [1.807, 2.05) is 19.1 Å². The van der Waals surface area contributed by atoms with Gasteiger partial charge >= 0.3 is 0 Å². The fraction of sp³-hybridized carbons (Fsp3) is 0.278. The summed E-state index contributed by atoms with van der Waals surface area (Å²) >= 11 is 0. The van der Waals surface area contributed by atoms with Gasteiger partial charge in [0.1, 0.15) is 5.75 Å². The Kier molecular flexibility index (Phi) is 3.97. The standard InChI is InChI=1S/C18H17N3O4/c1-2-23-14-7-5-12(6-8-14)18(22)21-10-13(11-21)17-19-16(20-25-17)15-4-3-9-24-15/h3-9,13H,2,10-11H2,1H3. The zero-order valence-corrected chi connectivity index (χ0v) is 13.7. The summed E-state index contributed by atoms with van der Waals surface area (Å²) in [6.07, 6.45) is 1.56. The molecule has 1 amide bonds. The molecule has 0 bridgehead atoms. The molecule has 0 atom stereocenters. The first-order chi connectivity index (χ1) is 12.2. The molecule has 128 valence electrons. The molecule has 2 aromatic heterocycles. The molecule has 3 aromatic rings. The van der Waals surface area contributed by atoms with Gasteiger partial charge in [-0.3, -0.25) is 4.79 Å². The lowest BCUT2D eigenvalue weighted by Gasteiger charge is -2.37. The predicted octanol–water partition coefficient (Wildman–Crippen LogP) is 2.97. The van der Waals surface area contributed by atoms with Crippen molar-refractivity contribution >= 4 is 5.91 Å². The Bertz CT molecular complexity index is 849. The maximum Gasteiger partial charge on any atom is 0.253 e. The van der Waals surface area contributed by atoms with Crippen LogP contribution in [-0.4, -0.2) is 40.6 Å². The van der Waals surface area contributed by atoms with Gasteiger partial charge < -0.3 is 18.6 Å². The van der Waals surface area contributed by atoms with E-state index in [2.05, 4.69) is 10.1 Å². The Balaban J connectivity index is 1.37. The van der Waals surface area contributed by atoms with Gasteiger partial charge in [-0.05, 0) is 43.3 Å². The number of aromatic nitrogens is 2. The van der Waals surface area contributed by atoms with E-state index in [4.69, 9.17) is 13.7 Å². The van der Waals surface area contributed by atoms with Crippen LogP contribution in [0.1, 0.15) is 29.1 Å². The molecular formula is C18H17N3O4. The molecule has 0 aliphatic carbocycles. The molecule has 0 unspecified atom stereocenters. The zero-order valence-electron chi connectivity index (χ0n) is 13.7. The van der Waals surface area contributed by atoms with Crippen molar-refractivity contribution in [1.82, 2.24) is 15.0 Å². The molecule has 7 nitrogen and oxygen atoms in total. The van der Waals surface area contributed by atoms with E-state index in [1.54, 1.807) is 35.4 Å². The molecular weight excluding hydrogens is 322 g/mol. The summed E-state index contributed by atoms with van der Waals surface area (Å²) < 4.78 is 15.9. The third-order valence-corrected chi connectivity index (χ3v) is 4.11. The largest absolute Gasteiger partial charge is 0.494 e. The van der Waals surface area contributed by atoms with Crippen LogP contribution < -0.4 is 4.74 Å². The summed E-state index contributed by atoms with van der Waals surface area (Å²) in [5.41, 5.74) is 0.642. The number of benzene rings is 1. The number of likely N-dealkylation sites (tertiary alicyclic amines) is 1. The molecule has 0 radical (unpaired) electrons. The molecule has 1 fully saturated rings. The highest BCUT2D eigenvalue weighted by Gasteiger charge is 2.36. The van der Waals surface area contributed by atoms with Crippen LogP contribution in [0.25, 0.3) is 11.6 Å². The number of nitrogens with zero attached hydrogens (tertiary/aromatic N) is 3. The second-order valence-electron chi connectivity index (χ2n) is 5.80. The van der Waals surface area contributed by atoms with Crippen LogP contribution in [0.15, 0.2) is 51.6 Å². The lowest BCUT2D eigenvalue weighted by atomic mass is 9.98. The molecule has 1 aromatic carbocycles. The average molecular weight is 339 g/mol. The van der Waals surface area contributed by atoms with Crippen molar-refractivity contribution in [3.8, 4) is 17.3 Å². The maximum absolute atomic E-state index is 12.5. The Morgan fingerprint density at radius 1 is 1.28 bits per heavy atom. The number of ether oxygens (including phenoxy) is 1. The molecule has 7 heteroatoms. The summed E-state index contributed by atoms with van der Waals surface area (Å²) in [5.74, 6) is 2.33. The van der Waals surface area contributed by atoms with Gasteiger partial charge in [-0.2, -0.15) is 4.98 Å². The molecule has 4 rings (SSSR count). The van der Waals surface area contributed by atoms with Gasteiger partial charge in [-0.1, -0.05) is 5.16 Å². The highest BCUT2D eigenvalue weighted by Crippen LogP contribution is 2.29. The molecule has 1 aliphatic rings. The van der Waals surface area contributed by atoms with Crippen LogP contribution in [0.3, 0.4) is 0 Å². The third kappa shape index (κ3) is 3.00. The number of amides is 1. The fourth-order valence-corrected chi connectivity index (χ4v) is 2.75. The zero-order chi connectivity index (χ0) is 17.2. The first-order valence-corrected chi connectivity index (χ1v) is 8.14. The quantitative estimate of drug-likeness (QED) is 0.711. The van der Waals surface area contributed by atoms with E-state index in [1.165, 1.54) is 0 Å². The number of hydrogen-bond acceptors (Lipinski definition) is 6. The van der Waals surface area contributed by atoms with Crippen molar-refractivity contribution in [3.63, 3.8) is 0 Å². The molecule has 0 spiro atoms. The topological polar surface area (TPSA) is 81.6 Å². The van der Waals surface area contributed by atoms with E-state index >= 15 is 0 Å². The fourth-order valence-electron chi connectivity index (χ4n) is 2.75. The van der Waals surface area contributed by atoms with Crippen molar-refractivity contribution in [2.75, 3.05) is 19.7 Å². The van der Waals surface area contributed by atoms with Gasteiger partial charge in [0.05, 0.1) is 18.8 Å². The van der Waals surface area contributed by atoms with Gasteiger partial charge in [0.15, 0.2) is 5.76 Å². The SMILES string of the molecule is CCOc1ccc(C(=O)N2CC(c3nc(-c4ccco4)no3)C2)cc1. The van der Waals surface area contributed by atoms with E-state index < -0.39 is 0 Å². The highest BCUT2D eigenvalue weighted by molar-refractivity contribution is 5.95. The number of rotatable bonds is 5. The monoisotopic (exact) mass is 339 g/mol. The van der Waals surface area contributed by atoms with Gasteiger partial charge in [-0.25, -0.2) is 0 Å². The smallest absolute Gasteiger partial charge is 0.253 e. The van der Waals surface area contributed by atoms with E-state index in [0.29, 0.717) is 42.7 Å². The lowest BCUT2D eigenvalue weighted by Crippen LogP contribution is -2.48. The van der Waals surface area contributed by atoms with Crippen molar-refractivity contribution in [1.29, 1.82) is 0 Å². The van der Waals surface area contributed by atoms with Crippen LogP contribution in [0.4, 0.5) is 0 Å². The van der Waals surface area contributed by atoms with Gasteiger partial charge in [0, 0.05) is 18.7 Å². The number of carbonyl (C=O) groups excluding carboxylic acids is 1. The first kappa shape index (κ1) is 15.4.